The van der Waals surface area contributed by atoms with Gasteiger partial charge in [-0.05, 0) is 74.8 Å². The molecule has 2 amide bonds. The van der Waals surface area contributed by atoms with Gasteiger partial charge < -0.3 is 10.1 Å². The van der Waals surface area contributed by atoms with Gasteiger partial charge in [0.1, 0.15) is 17.7 Å². The van der Waals surface area contributed by atoms with E-state index in [4.69, 9.17) is 4.74 Å². The number of nitriles is 1. The van der Waals surface area contributed by atoms with Crippen LogP contribution in [0, 0.1) is 34.7 Å². The first-order valence-electron chi connectivity index (χ1n) is 11.9. The number of ether oxygens (including phenoxy) is 1. The summed E-state index contributed by atoms with van der Waals surface area (Å²) in [6.45, 7) is 5.32. The third-order valence-corrected chi connectivity index (χ3v) is 6.64. The Labute approximate surface area is 208 Å². The summed E-state index contributed by atoms with van der Waals surface area (Å²) in [6, 6.07) is 8.92. The molecule has 1 saturated carbocycles. The van der Waals surface area contributed by atoms with Crippen LogP contribution in [0.2, 0.25) is 0 Å². The van der Waals surface area contributed by atoms with E-state index < -0.39 is 41.2 Å². The molecule has 0 aromatic heterocycles. The summed E-state index contributed by atoms with van der Waals surface area (Å²) in [4.78, 5) is 27.5. The molecule has 2 aliphatic rings. The van der Waals surface area contributed by atoms with E-state index in [1.54, 1.807) is 45.0 Å². The summed E-state index contributed by atoms with van der Waals surface area (Å²) in [6.07, 6.45) is 2.07. The largest absolute Gasteiger partial charge is 0.444 e. The molecule has 1 heterocycles. The minimum absolute atomic E-state index is 0.0256. The number of hydrogen-bond acceptors (Lipinski definition) is 4. The molecule has 0 unspecified atom stereocenters. The Morgan fingerprint density at radius 3 is 2.33 bits per heavy atom. The highest BCUT2D eigenvalue weighted by atomic mass is 19.2. The summed E-state index contributed by atoms with van der Waals surface area (Å²) < 4.78 is 45.9. The minimum atomic E-state index is -1.52. The number of likely N-dealkylation sites (tertiary alicyclic amines) is 1. The van der Waals surface area contributed by atoms with Crippen LogP contribution in [0.4, 0.5) is 18.0 Å². The van der Waals surface area contributed by atoms with E-state index in [-0.39, 0.29) is 29.9 Å². The van der Waals surface area contributed by atoms with Crippen LogP contribution in [0.15, 0.2) is 36.4 Å². The van der Waals surface area contributed by atoms with Crippen molar-refractivity contribution >= 4 is 12.0 Å². The maximum absolute atomic E-state index is 13.6. The molecule has 1 aliphatic heterocycles. The molecule has 1 N–H and O–H groups in total. The first kappa shape index (κ1) is 25.5. The van der Waals surface area contributed by atoms with E-state index in [2.05, 4.69) is 11.4 Å². The van der Waals surface area contributed by atoms with Crippen molar-refractivity contribution < 1.29 is 27.5 Å². The van der Waals surface area contributed by atoms with Crippen molar-refractivity contribution in [2.45, 2.75) is 70.2 Å². The smallest absolute Gasteiger partial charge is 0.411 e. The van der Waals surface area contributed by atoms with Crippen LogP contribution < -0.4 is 5.32 Å². The monoisotopic (exact) mass is 499 g/mol. The normalized spacial score (nSPS) is 21.7. The highest BCUT2D eigenvalue weighted by Crippen LogP contribution is 2.43. The van der Waals surface area contributed by atoms with Crippen molar-refractivity contribution in [3.63, 3.8) is 0 Å². The second kappa shape index (κ2) is 9.84. The van der Waals surface area contributed by atoms with Crippen molar-refractivity contribution in [1.82, 2.24) is 10.2 Å². The number of benzene rings is 2. The highest BCUT2D eigenvalue weighted by molar-refractivity contribution is 5.87. The van der Waals surface area contributed by atoms with Crippen LogP contribution in [-0.2, 0) is 16.0 Å². The van der Waals surface area contributed by atoms with Crippen molar-refractivity contribution in [3.05, 3.63) is 59.4 Å². The second-order valence-electron chi connectivity index (χ2n) is 10.4. The molecule has 2 aromatic carbocycles. The number of carbonyl (C=O) groups excluding carboxylic acids is 2. The lowest BCUT2D eigenvalue weighted by molar-refractivity contribution is -0.128. The molecule has 0 spiro atoms. The fourth-order valence-corrected chi connectivity index (χ4v) is 5.08. The maximum atomic E-state index is 13.6. The van der Waals surface area contributed by atoms with Gasteiger partial charge in [0.05, 0.1) is 6.07 Å². The Balaban J connectivity index is 1.43. The average Bonchev–Trinajstić information content (AvgIpc) is 3.43. The predicted molar refractivity (Wildman–Crippen MR) is 126 cm³/mol. The first-order chi connectivity index (χ1) is 17.0. The zero-order valence-electron chi connectivity index (χ0n) is 20.4. The van der Waals surface area contributed by atoms with E-state index in [0.29, 0.717) is 11.1 Å². The topological polar surface area (TPSA) is 82.4 Å². The summed E-state index contributed by atoms with van der Waals surface area (Å²) in [5, 5.41) is 12.4. The number of rotatable bonds is 5. The quantitative estimate of drug-likeness (QED) is 0.580. The first-order valence-corrected chi connectivity index (χ1v) is 11.9. The predicted octanol–water partition coefficient (Wildman–Crippen LogP) is 5.11. The van der Waals surface area contributed by atoms with E-state index in [9.17, 15) is 28.0 Å². The van der Waals surface area contributed by atoms with Crippen LogP contribution >= 0.6 is 0 Å². The zero-order valence-corrected chi connectivity index (χ0v) is 20.4. The Morgan fingerprint density at radius 1 is 1.11 bits per heavy atom. The third-order valence-electron chi connectivity index (χ3n) is 6.64. The van der Waals surface area contributed by atoms with Crippen molar-refractivity contribution in [2.75, 3.05) is 0 Å². The molecule has 36 heavy (non-hydrogen) atoms. The molecule has 6 nitrogen and oxygen atoms in total. The molecule has 4 rings (SSSR count). The molecule has 2 fully saturated rings. The standard InChI is InChI=1S/C27H28F3N3O3/c1-27(2,3)36-26(35)33-20-9-8-17(11-20)24(33)25(34)32-19(14-31)10-15-4-6-16(7-5-15)18-12-21(28)23(30)22(29)13-18/h4-7,12-13,17,19-20,24H,8-11H2,1-3H3,(H,32,34)/t17-,19-,20+,24-/m0/s1. The second-order valence-corrected chi connectivity index (χ2v) is 10.4. The number of fused-ring (bicyclic) bond motifs is 2. The van der Waals surface area contributed by atoms with Crippen LogP contribution in [-0.4, -0.2) is 40.6 Å². The lowest BCUT2D eigenvalue weighted by Gasteiger charge is -2.35. The summed E-state index contributed by atoms with van der Waals surface area (Å²) >= 11 is 0. The SMILES string of the molecule is CC(C)(C)OC(=O)N1[C@@H]2CC[C@@H](C2)[C@H]1C(=O)N[C@H](C#N)Cc1ccc(-c2cc(F)c(F)c(F)c2)cc1. The van der Waals surface area contributed by atoms with Gasteiger partial charge in [-0.3, -0.25) is 9.69 Å². The number of halogens is 3. The summed E-state index contributed by atoms with van der Waals surface area (Å²) in [5.41, 5.74) is 0.684. The molecule has 9 heteroatoms. The van der Waals surface area contributed by atoms with Gasteiger partial charge in [0.2, 0.25) is 5.91 Å². The molecular weight excluding hydrogens is 471 g/mol. The van der Waals surface area contributed by atoms with Crippen molar-refractivity contribution in [2.24, 2.45) is 5.92 Å². The number of nitrogens with one attached hydrogen (secondary N) is 1. The number of nitrogens with zero attached hydrogens (tertiary/aromatic N) is 2. The Bertz CT molecular complexity index is 1180. The van der Waals surface area contributed by atoms with Crippen LogP contribution in [0.5, 0.6) is 0 Å². The Hall–Kier alpha value is -3.54. The Kier molecular flexibility index (Phi) is 6.98. The van der Waals surface area contributed by atoms with Gasteiger partial charge in [-0.2, -0.15) is 5.26 Å². The highest BCUT2D eigenvalue weighted by Gasteiger charge is 2.52. The lowest BCUT2D eigenvalue weighted by atomic mass is 9.97. The molecule has 0 radical (unpaired) electrons. The zero-order chi connectivity index (χ0) is 26.2. The van der Waals surface area contributed by atoms with Gasteiger partial charge in [0.15, 0.2) is 17.5 Å². The van der Waals surface area contributed by atoms with E-state index >= 15 is 0 Å². The fourth-order valence-electron chi connectivity index (χ4n) is 5.08. The molecule has 4 atom stereocenters. The molecule has 190 valence electrons. The average molecular weight is 500 g/mol. The van der Waals surface area contributed by atoms with E-state index in [1.807, 2.05) is 0 Å². The van der Waals surface area contributed by atoms with Gasteiger partial charge in [-0.25, -0.2) is 18.0 Å². The Morgan fingerprint density at radius 2 is 1.75 bits per heavy atom. The lowest BCUT2D eigenvalue weighted by Crippen LogP contribution is -2.55. The summed E-state index contributed by atoms with van der Waals surface area (Å²) in [7, 11) is 0. The van der Waals surface area contributed by atoms with Gasteiger partial charge in [0, 0.05) is 12.5 Å². The molecule has 2 bridgehead atoms. The summed E-state index contributed by atoms with van der Waals surface area (Å²) in [5.74, 6) is -4.43. The van der Waals surface area contributed by atoms with Gasteiger partial charge in [-0.1, -0.05) is 24.3 Å². The molecule has 1 aliphatic carbocycles. The van der Waals surface area contributed by atoms with Gasteiger partial charge in [-0.15, -0.1) is 0 Å². The maximum Gasteiger partial charge on any atom is 0.411 e. The fraction of sp³-hybridized carbons (Fsp3) is 0.444. The molecule has 1 saturated heterocycles. The van der Waals surface area contributed by atoms with Gasteiger partial charge >= 0.3 is 6.09 Å². The van der Waals surface area contributed by atoms with Crippen molar-refractivity contribution in [3.8, 4) is 17.2 Å². The molecular formula is C27H28F3N3O3. The van der Waals surface area contributed by atoms with Crippen LogP contribution in [0.25, 0.3) is 11.1 Å². The third kappa shape index (κ3) is 5.32. The van der Waals surface area contributed by atoms with Gasteiger partial charge in [0.25, 0.3) is 0 Å². The van der Waals surface area contributed by atoms with E-state index in [1.165, 1.54) is 4.90 Å². The van der Waals surface area contributed by atoms with Crippen molar-refractivity contribution in [1.29, 1.82) is 5.26 Å². The number of carbonyl (C=O) groups is 2. The number of amides is 2. The van der Waals surface area contributed by atoms with Crippen LogP contribution in [0.1, 0.15) is 45.6 Å². The number of hydrogen-bond donors (Lipinski definition) is 1. The minimum Gasteiger partial charge on any atom is -0.444 e. The van der Waals surface area contributed by atoms with Crippen LogP contribution in [0.3, 0.4) is 0 Å². The van der Waals surface area contributed by atoms with E-state index in [0.717, 1.165) is 31.4 Å². The molecule has 2 aromatic rings. The number of piperidine rings is 1.